The van der Waals surface area contributed by atoms with Gasteiger partial charge in [-0.25, -0.2) is 0 Å². The maximum absolute atomic E-state index is 10.5. The molecule has 0 radical (unpaired) electrons. The van der Waals surface area contributed by atoms with Crippen molar-refractivity contribution in [3.8, 4) is 0 Å². The number of aliphatic hydroxyl groups is 1. The zero-order valence-corrected chi connectivity index (χ0v) is 11.0. The quantitative estimate of drug-likeness (QED) is 0.800. The van der Waals surface area contributed by atoms with E-state index in [9.17, 15) is 5.11 Å². The average Bonchev–Trinajstić information content (AvgIpc) is 2.30. The number of benzene rings is 1. The molecular weight excluding hydrogens is 242 g/mol. The third-order valence-corrected chi connectivity index (χ3v) is 3.80. The number of hydrogen-bond donors (Lipinski definition) is 2. The number of hydrogen-bond acceptors (Lipinski definition) is 3. The molecule has 0 bridgehead atoms. The van der Waals surface area contributed by atoms with Gasteiger partial charge < -0.3 is 10.4 Å². The van der Waals surface area contributed by atoms with Crippen molar-refractivity contribution in [2.45, 2.75) is 23.3 Å². The molecule has 0 spiro atoms. The molecule has 1 heterocycles. The van der Waals surface area contributed by atoms with Crippen molar-refractivity contribution in [1.82, 2.24) is 5.32 Å². The topological polar surface area (TPSA) is 32.3 Å². The van der Waals surface area contributed by atoms with Gasteiger partial charge in [0.15, 0.2) is 0 Å². The van der Waals surface area contributed by atoms with Crippen molar-refractivity contribution >= 4 is 24.2 Å². The van der Waals surface area contributed by atoms with Gasteiger partial charge in [-0.15, -0.1) is 24.2 Å². The van der Waals surface area contributed by atoms with E-state index in [1.165, 1.54) is 4.90 Å². The average molecular weight is 260 g/mol. The van der Waals surface area contributed by atoms with Crippen molar-refractivity contribution in [2.24, 2.45) is 0 Å². The molecule has 0 saturated carbocycles. The van der Waals surface area contributed by atoms with Gasteiger partial charge >= 0.3 is 0 Å². The van der Waals surface area contributed by atoms with E-state index >= 15 is 0 Å². The first-order chi connectivity index (χ1) is 7.24. The fourth-order valence-corrected chi connectivity index (χ4v) is 2.44. The van der Waals surface area contributed by atoms with Gasteiger partial charge in [0.25, 0.3) is 0 Å². The Morgan fingerprint density at radius 1 is 1.19 bits per heavy atom. The van der Waals surface area contributed by atoms with Crippen LogP contribution in [-0.4, -0.2) is 24.5 Å². The standard InChI is InChI=1S/C12H17NOS.ClH/c1-15-11-4-2-10(3-5-11)12(14)6-8-13-9-7-12;/h2-5,13-14H,6-9H2,1H3;1H. The minimum Gasteiger partial charge on any atom is -0.385 e. The number of nitrogens with one attached hydrogen (secondary N) is 1. The normalized spacial score (nSPS) is 18.9. The third kappa shape index (κ3) is 2.92. The molecule has 1 aromatic carbocycles. The Balaban J connectivity index is 0.00000128. The predicted molar refractivity (Wildman–Crippen MR) is 71.5 cm³/mol. The minimum atomic E-state index is -0.609. The molecule has 16 heavy (non-hydrogen) atoms. The lowest BCUT2D eigenvalue weighted by Gasteiger charge is -2.33. The Kier molecular flexibility index (Phi) is 5.12. The van der Waals surface area contributed by atoms with Crippen molar-refractivity contribution in [1.29, 1.82) is 0 Å². The summed E-state index contributed by atoms with van der Waals surface area (Å²) in [5.74, 6) is 0. The number of halogens is 1. The van der Waals surface area contributed by atoms with Crippen LogP contribution in [0.15, 0.2) is 29.2 Å². The summed E-state index contributed by atoms with van der Waals surface area (Å²) in [4.78, 5) is 1.25. The number of thioether (sulfide) groups is 1. The van der Waals surface area contributed by atoms with Crippen LogP contribution in [-0.2, 0) is 5.60 Å². The monoisotopic (exact) mass is 259 g/mol. The molecule has 90 valence electrons. The molecule has 1 aliphatic heterocycles. The first kappa shape index (κ1) is 13.8. The van der Waals surface area contributed by atoms with E-state index in [0.717, 1.165) is 31.5 Å². The molecule has 4 heteroatoms. The third-order valence-electron chi connectivity index (χ3n) is 3.06. The van der Waals surface area contributed by atoms with E-state index < -0.39 is 5.60 Å². The second-order valence-corrected chi connectivity index (χ2v) is 4.89. The highest BCUT2D eigenvalue weighted by Gasteiger charge is 2.30. The highest BCUT2D eigenvalue weighted by molar-refractivity contribution is 7.98. The van der Waals surface area contributed by atoms with E-state index in [0.29, 0.717) is 0 Å². The molecule has 0 atom stereocenters. The van der Waals surface area contributed by atoms with Gasteiger partial charge in [0.1, 0.15) is 0 Å². The van der Waals surface area contributed by atoms with Gasteiger partial charge in [-0.05, 0) is 49.9 Å². The van der Waals surface area contributed by atoms with E-state index in [2.05, 4.69) is 35.8 Å². The lowest BCUT2D eigenvalue weighted by molar-refractivity contribution is 0.00590. The highest BCUT2D eigenvalue weighted by atomic mass is 35.5. The Hall–Kier alpha value is -0.220. The van der Waals surface area contributed by atoms with Crippen LogP contribution in [0, 0.1) is 0 Å². The van der Waals surface area contributed by atoms with E-state index in [4.69, 9.17) is 0 Å². The van der Waals surface area contributed by atoms with Crippen LogP contribution in [0.5, 0.6) is 0 Å². The van der Waals surface area contributed by atoms with Gasteiger partial charge in [0.05, 0.1) is 5.60 Å². The van der Waals surface area contributed by atoms with Crippen LogP contribution < -0.4 is 5.32 Å². The molecule has 0 aliphatic carbocycles. The summed E-state index contributed by atoms with van der Waals surface area (Å²) in [5, 5.41) is 13.7. The van der Waals surface area contributed by atoms with E-state index in [-0.39, 0.29) is 12.4 Å². The number of piperidine rings is 1. The Morgan fingerprint density at radius 2 is 1.75 bits per heavy atom. The lowest BCUT2D eigenvalue weighted by Crippen LogP contribution is -2.39. The summed E-state index contributed by atoms with van der Waals surface area (Å²) < 4.78 is 0. The summed E-state index contributed by atoms with van der Waals surface area (Å²) in [6, 6.07) is 8.27. The molecular formula is C12H18ClNOS. The van der Waals surface area contributed by atoms with Crippen LogP contribution >= 0.6 is 24.2 Å². The van der Waals surface area contributed by atoms with E-state index in [1.807, 2.05) is 0 Å². The fourth-order valence-electron chi connectivity index (χ4n) is 2.03. The van der Waals surface area contributed by atoms with Gasteiger partial charge in [0, 0.05) is 4.90 Å². The first-order valence-corrected chi connectivity index (χ1v) is 6.55. The van der Waals surface area contributed by atoms with Crippen molar-refractivity contribution in [2.75, 3.05) is 19.3 Å². The maximum Gasteiger partial charge on any atom is 0.0920 e. The van der Waals surface area contributed by atoms with Gasteiger partial charge in [-0.3, -0.25) is 0 Å². The zero-order valence-electron chi connectivity index (χ0n) is 9.40. The van der Waals surface area contributed by atoms with Crippen LogP contribution in [0.1, 0.15) is 18.4 Å². The second-order valence-electron chi connectivity index (χ2n) is 4.01. The van der Waals surface area contributed by atoms with Crippen molar-refractivity contribution in [3.05, 3.63) is 29.8 Å². The molecule has 1 aromatic rings. The smallest absolute Gasteiger partial charge is 0.0920 e. The maximum atomic E-state index is 10.5. The van der Waals surface area contributed by atoms with Gasteiger partial charge in [-0.2, -0.15) is 0 Å². The fraction of sp³-hybridized carbons (Fsp3) is 0.500. The molecule has 2 nitrogen and oxygen atoms in total. The van der Waals surface area contributed by atoms with Crippen molar-refractivity contribution in [3.63, 3.8) is 0 Å². The van der Waals surface area contributed by atoms with Crippen LogP contribution in [0.4, 0.5) is 0 Å². The second kappa shape index (κ2) is 5.92. The van der Waals surface area contributed by atoms with Gasteiger partial charge in [-0.1, -0.05) is 12.1 Å². The molecule has 2 rings (SSSR count). The molecule has 0 aromatic heterocycles. The SMILES string of the molecule is CSc1ccc(C2(O)CCNCC2)cc1.Cl. The summed E-state index contributed by atoms with van der Waals surface area (Å²) in [7, 11) is 0. The van der Waals surface area contributed by atoms with Crippen molar-refractivity contribution < 1.29 is 5.11 Å². The Morgan fingerprint density at radius 3 is 2.25 bits per heavy atom. The lowest BCUT2D eigenvalue weighted by atomic mass is 9.85. The molecule has 2 N–H and O–H groups in total. The Labute approximate surface area is 107 Å². The van der Waals surface area contributed by atoms with Crippen LogP contribution in [0.2, 0.25) is 0 Å². The molecule has 1 aliphatic rings. The molecule has 1 fully saturated rings. The zero-order chi connectivity index (χ0) is 10.7. The first-order valence-electron chi connectivity index (χ1n) is 5.32. The summed E-state index contributed by atoms with van der Waals surface area (Å²) in [6.07, 6.45) is 3.69. The largest absolute Gasteiger partial charge is 0.385 e. The summed E-state index contributed by atoms with van der Waals surface area (Å²) in [5.41, 5.74) is 0.448. The predicted octanol–water partition coefficient (Wildman–Crippen LogP) is 2.40. The van der Waals surface area contributed by atoms with E-state index in [1.54, 1.807) is 11.8 Å². The number of rotatable bonds is 2. The summed E-state index contributed by atoms with van der Waals surface area (Å²) >= 11 is 1.73. The van der Waals surface area contributed by atoms with Crippen LogP contribution in [0.25, 0.3) is 0 Å². The molecule has 0 amide bonds. The highest BCUT2D eigenvalue weighted by Crippen LogP contribution is 2.31. The summed E-state index contributed by atoms with van der Waals surface area (Å²) in [6.45, 7) is 1.81. The minimum absolute atomic E-state index is 0. The Bertz CT molecular complexity index is 322. The van der Waals surface area contributed by atoms with Crippen LogP contribution in [0.3, 0.4) is 0 Å². The molecule has 0 unspecified atom stereocenters. The van der Waals surface area contributed by atoms with Gasteiger partial charge in [0.2, 0.25) is 0 Å². The molecule has 1 saturated heterocycles.